The fourth-order valence-corrected chi connectivity index (χ4v) is 6.87. The summed E-state index contributed by atoms with van der Waals surface area (Å²) < 4.78 is 50.2. The Labute approximate surface area is 230 Å². The largest absolute Gasteiger partial charge is 0.480 e. The number of carbonyl (C=O) groups is 1. The summed E-state index contributed by atoms with van der Waals surface area (Å²) in [5.74, 6) is -1.31. The van der Waals surface area contributed by atoms with E-state index in [-0.39, 0.29) is 28.4 Å². The number of rotatable bonds is 15. The van der Waals surface area contributed by atoms with E-state index in [9.17, 15) is 22.0 Å². The molecular formula is C27H40ClF2N3O4S. The number of benzene rings is 1. The number of halogens is 3. The number of nitrogens with one attached hydrogen (secondary N) is 1. The lowest BCUT2D eigenvalue weighted by Crippen LogP contribution is -2.39. The summed E-state index contributed by atoms with van der Waals surface area (Å²) >= 11 is 5.88. The average molecular weight is 576 g/mol. The summed E-state index contributed by atoms with van der Waals surface area (Å²) in [7, 11) is -3.89. The fraction of sp³-hybridized carbons (Fsp3) is 0.704. The number of unbranched alkanes of at least 4 members (excludes halogenated alkanes) is 7. The zero-order chi connectivity index (χ0) is 28.2. The molecule has 1 aliphatic heterocycles. The summed E-state index contributed by atoms with van der Waals surface area (Å²) in [6.45, 7) is 2.26. The molecule has 1 saturated carbocycles. The second-order valence-electron chi connectivity index (χ2n) is 10.1. The van der Waals surface area contributed by atoms with Gasteiger partial charge in [0.2, 0.25) is 0 Å². The van der Waals surface area contributed by atoms with Gasteiger partial charge in [-0.2, -0.15) is 5.26 Å². The van der Waals surface area contributed by atoms with Gasteiger partial charge < -0.3 is 5.11 Å². The summed E-state index contributed by atoms with van der Waals surface area (Å²) in [5.41, 5.74) is -0.110. The maximum absolute atomic E-state index is 12.6. The van der Waals surface area contributed by atoms with Crippen LogP contribution in [0.15, 0.2) is 29.2 Å². The van der Waals surface area contributed by atoms with Crippen molar-refractivity contribution < 1.29 is 27.1 Å². The molecule has 0 radical (unpaired) electrons. The highest BCUT2D eigenvalue weighted by molar-refractivity contribution is 7.92. The second-order valence-corrected chi connectivity index (χ2v) is 12.7. The first-order valence-corrected chi connectivity index (χ1v) is 15.4. The molecule has 38 heavy (non-hydrogen) atoms. The summed E-state index contributed by atoms with van der Waals surface area (Å²) in [4.78, 5) is 12.0. The number of nitriles is 1. The van der Waals surface area contributed by atoms with Crippen LogP contribution < -0.4 is 5.32 Å². The molecule has 0 bridgehead atoms. The van der Waals surface area contributed by atoms with E-state index in [1.807, 2.05) is 0 Å². The molecule has 2 aliphatic rings. The van der Waals surface area contributed by atoms with Crippen molar-refractivity contribution in [3.63, 3.8) is 0 Å². The lowest BCUT2D eigenvalue weighted by molar-refractivity contribution is -0.142. The lowest BCUT2D eigenvalue weighted by atomic mass is 10.1. The predicted octanol–water partition coefficient (Wildman–Crippen LogP) is 5.68. The van der Waals surface area contributed by atoms with E-state index >= 15 is 0 Å². The predicted molar refractivity (Wildman–Crippen MR) is 144 cm³/mol. The third-order valence-corrected chi connectivity index (χ3v) is 9.69. The van der Waals surface area contributed by atoms with Gasteiger partial charge in [0.25, 0.3) is 6.43 Å². The Bertz CT molecular complexity index is 1030. The Morgan fingerprint density at radius 1 is 1.18 bits per heavy atom. The molecule has 2 atom stereocenters. The van der Waals surface area contributed by atoms with Gasteiger partial charge in [-0.3, -0.25) is 15.0 Å². The number of aliphatic carboxylic acids is 1. The van der Waals surface area contributed by atoms with Crippen LogP contribution in [0.3, 0.4) is 0 Å². The zero-order valence-electron chi connectivity index (χ0n) is 22.0. The Balaban J connectivity index is 0.000000281. The normalized spacial score (nSPS) is 20.5. The van der Waals surface area contributed by atoms with Gasteiger partial charge in [-0.1, -0.05) is 75.6 Å². The third-order valence-electron chi connectivity index (χ3n) is 7.06. The van der Waals surface area contributed by atoms with Crippen molar-refractivity contribution in [3.8, 4) is 6.07 Å². The van der Waals surface area contributed by atoms with Crippen LogP contribution in [0.5, 0.6) is 0 Å². The van der Waals surface area contributed by atoms with E-state index in [4.69, 9.17) is 22.0 Å². The van der Waals surface area contributed by atoms with Crippen molar-refractivity contribution in [2.24, 2.45) is 0 Å². The molecule has 0 unspecified atom stereocenters. The molecule has 1 aromatic carbocycles. The van der Waals surface area contributed by atoms with E-state index in [0.29, 0.717) is 0 Å². The Morgan fingerprint density at radius 3 is 2.32 bits per heavy atom. The number of carboxylic acid groups (broad SMARTS) is 1. The van der Waals surface area contributed by atoms with Crippen molar-refractivity contribution in [1.29, 1.82) is 5.26 Å². The molecule has 2 N–H and O–H groups in total. The Kier molecular flexibility index (Phi) is 13.4. The van der Waals surface area contributed by atoms with Gasteiger partial charge in [0.15, 0.2) is 9.84 Å². The maximum atomic E-state index is 12.6. The van der Waals surface area contributed by atoms with E-state index in [2.05, 4.69) is 18.3 Å². The van der Waals surface area contributed by atoms with Crippen molar-refractivity contribution in [3.05, 3.63) is 29.3 Å². The van der Waals surface area contributed by atoms with Gasteiger partial charge in [-0.25, -0.2) is 17.2 Å². The molecule has 1 saturated heterocycles. The minimum Gasteiger partial charge on any atom is -0.480 e. The topological polar surface area (TPSA) is 110 Å². The summed E-state index contributed by atoms with van der Waals surface area (Å²) in [5, 5.41) is 20.3. The van der Waals surface area contributed by atoms with E-state index in [1.54, 1.807) is 6.07 Å². The quantitative estimate of drug-likeness (QED) is 0.259. The summed E-state index contributed by atoms with van der Waals surface area (Å²) in [6.07, 6.45) is 9.99. The van der Waals surface area contributed by atoms with Crippen molar-refractivity contribution in [1.82, 2.24) is 10.2 Å². The van der Waals surface area contributed by atoms with Gasteiger partial charge in [0.1, 0.15) is 11.6 Å². The highest BCUT2D eigenvalue weighted by Crippen LogP contribution is 2.34. The highest BCUT2D eigenvalue weighted by atomic mass is 35.5. The first-order chi connectivity index (χ1) is 18.1. The Morgan fingerprint density at radius 2 is 1.79 bits per heavy atom. The maximum Gasteiger partial charge on any atom is 0.320 e. The number of hydrogen-bond acceptors (Lipinski definition) is 6. The van der Waals surface area contributed by atoms with Crippen molar-refractivity contribution in [2.45, 2.75) is 106 Å². The fourth-order valence-electron chi connectivity index (χ4n) is 4.62. The monoisotopic (exact) mass is 575 g/mol. The highest BCUT2D eigenvalue weighted by Gasteiger charge is 2.44. The van der Waals surface area contributed by atoms with Gasteiger partial charge in [-0.15, -0.1) is 0 Å². The van der Waals surface area contributed by atoms with E-state index < -0.39 is 40.1 Å². The molecule has 7 nitrogen and oxygen atoms in total. The molecule has 214 valence electrons. The minimum absolute atomic E-state index is 0.0293. The minimum atomic E-state index is -3.89. The first kappa shape index (κ1) is 32.4. The van der Waals surface area contributed by atoms with Crippen molar-refractivity contribution >= 4 is 27.4 Å². The van der Waals surface area contributed by atoms with Crippen LogP contribution in [0.1, 0.15) is 77.6 Å². The molecule has 0 aromatic heterocycles. The number of sulfone groups is 1. The summed E-state index contributed by atoms with van der Waals surface area (Å²) in [6, 6.07) is 6.93. The number of carboxylic acids is 1. The second kappa shape index (κ2) is 15.7. The zero-order valence-corrected chi connectivity index (χ0v) is 23.6. The molecule has 1 heterocycles. The smallest absolute Gasteiger partial charge is 0.320 e. The Hall–Kier alpha value is -1.80. The molecule has 1 aromatic rings. The van der Waals surface area contributed by atoms with Crippen molar-refractivity contribution in [2.75, 3.05) is 19.6 Å². The SMILES string of the molecule is CCCCCCCCCCNC1(C#N)CC1.O=C(O)[C@@H]1C[C@@H](S(=O)(=O)c2ccccc2Cl)CN1CC(F)F. The number of likely N-dealkylation sites (tertiary alicyclic amines) is 1. The molecular weight excluding hydrogens is 536 g/mol. The molecule has 0 amide bonds. The van der Waals surface area contributed by atoms with Crippen LogP contribution in [0.4, 0.5) is 8.78 Å². The molecule has 3 rings (SSSR count). The molecule has 0 spiro atoms. The van der Waals surface area contributed by atoms with Gasteiger partial charge in [0.05, 0.1) is 27.8 Å². The average Bonchev–Trinajstić information content (AvgIpc) is 3.52. The molecule has 11 heteroatoms. The van der Waals surface area contributed by atoms with Crippen LogP contribution in [0.25, 0.3) is 0 Å². The molecule has 2 fully saturated rings. The number of alkyl halides is 2. The first-order valence-electron chi connectivity index (χ1n) is 13.5. The molecule has 1 aliphatic carbocycles. The van der Waals surface area contributed by atoms with Gasteiger partial charge in [-0.05, 0) is 44.4 Å². The van der Waals surface area contributed by atoms with Gasteiger partial charge in [0, 0.05) is 6.54 Å². The standard InChI is InChI=1S/C14H26N2.C13H14ClF2NO4S/c1-2-3-4-5-6-7-8-9-12-16-14(13-15)10-11-14;14-9-3-1-2-4-11(9)22(20,21)8-5-10(13(18)19)17(6-8)7-12(15)16/h16H,2-12H2,1H3;1-4,8,10,12H,5-7H2,(H,18,19)/t;8-,10+/m.1/s1. The van der Waals surface area contributed by atoms with Crippen LogP contribution in [-0.4, -0.2) is 67.3 Å². The number of nitrogens with zero attached hydrogens (tertiary/aromatic N) is 2. The lowest BCUT2D eigenvalue weighted by Gasteiger charge is -2.20. The van der Waals surface area contributed by atoms with Crippen LogP contribution in [0, 0.1) is 11.3 Å². The van der Waals surface area contributed by atoms with E-state index in [1.165, 1.54) is 69.6 Å². The van der Waals surface area contributed by atoms with Gasteiger partial charge >= 0.3 is 5.97 Å². The van der Waals surface area contributed by atoms with Crippen LogP contribution in [0.2, 0.25) is 5.02 Å². The van der Waals surface area contributed by atoms with Crippen LogP contribution in [-0.2, 0) is 14.6 Å². The van der Waals surface area contributed by atoms with Crippen LogP contribution >= 0.6 is 11.6 Å². The van der Waals surface area contributed by atoms with E-state index in [0.717, 1.165) is 24.3 Å². The third kappa shape index (κ3) is 10.1. The number of hydrogen-bond donors (Lipinski definition) is 2.